The Morgan fingerprint density at radius 2 is 2.03 bits per heavy atom. The lowest BCUT2D eigenvalue weighted by Gasteiger charge is -2.17. The van der Waals surface area contributed by atoms with Gasteiger partial charge in [-0.05, 0) is 63.4 Å². The third kappa shape index (κ3) is 5.81. The fourth-order valence-corrected chi connectivity index (χ4v) is 4.19. The summed E-state index contributed by atoms with van der Waals surface area (Å²) in [4.78, 5) is 15.3. The molecule has 3 heterocycles. The highest BCUT2D eigenvalue weighted by Gasteiger charge is 2.21. The molecular weight excluding hydrogens is 414 g/mol. The lowest BCUT2D eigenvalue weighted by atomic mass is 10.1. The molecule has 0 amide bonds. The van der Waals surface area contributed by atoms with Gasteiger partial charge in [0.05, 0.1) is 29.0 Å². The molecule has 3 aromatic rings. The summed E-state index contributed by atoms with van der Waals surface area (Å²) in [6.07, 6.45) is 3.32. The van der Waals surface area contributed by atoms with Crippen LogP contribution in [-0.4, -0.2) is 37.4 Å². The van der Waals surface area contributed by atoms with Crippen LogP contribution in [0, 0.1) is 17.2 Å². The van der Waals surface area contributed by atoms with E-state index < -0.39 is 10.8 Å². The quantitative estimate of drug-likeness (QED) is 0.565. The van der Waals surface area contributed by atoms with Crippen LogP contribution in [0.25, 0.3) is 10.9 Å². The van der Waals surface area contributed by atoms with E-state index in [-0.39, 0.29) is 10.3 Å². The van der Waals surface area contributed by atoms with Crippen LogP contribution in [0.1, 0.15) is 33.6 Å². The SMILES string of the molecule is CC(C)(C)S(=O)c1ccc(Nc2n[nH]c3cc[nH]c(=O)c23)cc1.N#CCC1CCOC1. The van der Waals surface area contributed by atoms with Gasteiger partial charge in [-0.1, -0.05) is 0 Å². The Morgan fingerprint density at radius 3 is 2.65 bits per heavy atom. The maximum absolute atomic E-state index is 12.3. The number of H-pyrrole nitrogens is 2. The summed E-state index contributed by atoms with van der Waals surface area (Å²) in [7, 11) is -1.08. The molecule has 3 N–H and O–H groups in total. The topological polar surface area (TPSA) is 124 Å². The first-order valence-electron chi connectivity index (χ1n) is 10.1. The minimum Gasteiger partial charge on any atom is -0.381 e. The Balaban J connectivity index is 0.000000287. The van der Waals surface area contributed by atoms with Crippen molar-refractivity contribution >= 4 is 33.2 Å². The molecule has 2 atom stereocenters. The van der Waals surface area contributed by atoms with Crippen molar-refractivity contribution in [3.8, 4) is 6.07 Å². The van der Waals surface area contributed by atoms with E-state index in [2.05, 4.69) is 26.6 Å². The number of nitrogens with zero attached hydrogens (tertiary/aromatic N) is 2. The zero-order valence-corrected chi connectivity index (χ0v) is 18.7. The lowest BCUT2D eigenvalue weighted by Crippen LogP contribution is -2.21. The summed E-state index contributed by atoms with van der Waals surface area (Å²) < 4.78 is 17.1. The second-order valence-electron chi connectivity index (χ2n) is 8.29. The van der Waals surface area contributed by atoms with Crippen molar-refractivity contribution in [2.75, 3.05) is 18.5 Å². The molecule has 164 valence electrons. The number of fused-ring (bicyclic) bond motifs is 1. The Bertz CT molecular complexity index is 1130. The molecule has 0 aliphatic carbocycles. The summed E-state index contributed by atoms with van der Waals surface area (Å²) >= 11 is 0. The van der Waals surface area contributed by atoms with Crippen LogP contribution in [0.2, 0.25) is 0 Å². The molecule has 1 aromatic carbocycles. The Kier molecular flexibility index (Phi) is 7.25. The molecule has 2 unspecified atom stereocenters. The van der Waals surface area contributed by atoms with Gasteiger partial charge in [0.25, 0.3) is 5.56 Å². The van der Waals surface area contributed by atoms with Crippen LogP contribution < -0.4 is 10.9 Å². The molecule has 0 spiro atoms. The minimum absolute atomic E-state index is 0.204. The number of nitriles is 1. The Labute approximate surface area is 183 Å². The zero-order valence-electron chi connectivity index (χ0n) is 17.9. The monoisotopic (exact) mass is 441 g/mol. The largest absolute Gasteiger partial charge is 0.381 e. The molecular formula is C22H27N5O3S. The number of nitrogens with one attached hydrogen (secondary N) is 3. The van der Waals surface area contributed by atoms with Crippen molar-refractivity contribution in [1.82, 2.24) is 15.2 Å². The van der Waals surface area contributed by atoms with E-state index in [0.717, 1.165) is 30.2 Å². The predicted molar refractivity (Wildman–Crippen MR) is 122 cm³/mol. The van der Waals surface area contributed by atoms with Crippen LogP contribution in [0.15, 0.2) is 46.2 Å². The van der Waals surface area contributed by atoms with Gasteiger partial charge in [-0.25, -0.2) is 0 Å². The standard InChI is InChI=1S/C16H18N4O2S.C6H9NO/c1-16(2,3)23(22)11-6-4-10(5-7-11)18-14-13-12(19-20-14)8-9-17-15(13)21;7-3-1-6-2-4-8-5-6/h4-9H,1-3H3,(H,17,21)(H2,18,19,20);6H,1-2,4-5H2. The maximum Gasteiger partial charge on any atom is 0.261 e. The van der Waals surface area contributed by atoms with Gasteiger partial charge in [0.2, 0.25) is 0 Å². The number of aromatic nitrogens is 3. The zero-order chi connectivity index (χ0) is 22.4. The van der Waals surface area contributed by atoms with Crippen molar-refractivity contribution < 1.29 is 8.95 Å². The normalized spacial score (nSPS) is 16.9. The summed E-state index contributed by atoms with van der Waals surface area (Å²) in [6, 6.07) is 11.2. The van der Waals surface area contributed by atoms with Crippen LogP contribution in [0.3, 0.4) is 0 Å². The number of rotatable bonds is 4. The van der Waals surface area contributed by atoms with Crippen LogP contribution >= 0.6 is 0 Å². The summed E-state index contributed by atoms with van der Waals surface area (Å²) in [5.74, 6) is 0.992. The van der Waals surface area contributed by atoms with Gasteiger partial charge in [-0.3, -0.25) is 14.1 Å². The summed E-state index contributed by atoms with van der Waals surface area (Å²) in [5.41, 5.74) is 1.24. The average molecular weight is 442 g/mol. The van der Waals surface area contributed by atoms with Gasteiger partial charge in [0.1, 0.15) is 5.39 Å². The molecule has 2 aromatic heterocycles. The first-order valence-corrected chi connectivity index (χ1v) is 11.2. The van der Waals surface area contributed by atoms with Gasteiger partial charge in [-0.15, -0.1) is 0 Å². The molecule has 1 aliphatic rings. The number of benzene rings is 1. The summed E-state index contributed by atoms with van der Waals surface area (Å²) in [5, 5.41) is 18.8. The third-order valence-electron chi connectivity index (χ3n) is 4.78. The van der Waals surface area contributed by atoms with Crippen molar-refractivity contribution in [3.63, 3.8) is 0 Å². The number of hydrogen-bond donors (Lipinski definition) is 3. The van der Waals surface area contributed by atoms with Crippen molar-refractivity contribution in [1.29, 1.82) is 5.26 Å². The molecule has 4 rings (SSSR count). The van der Waals surface area contributed by atoms with E-state index in [9.17, 15) is 9.00 Å². The van der Waals surface area contributed by atoms with E-state index in [0.29, 0.717) is 29.1 Å². The van der Waals surface area contributed by atoms with Crippen LogP contribution in [-0.2, 0) is 15.5 Å². The van der Waals surface area contributed by atoms with Crippen LogP contribution in [0.5, 0.6) is 0 Å². The number of aromatic amines is 2. The van der Waals surface area contributed by atoms with E-state index in [1.165, 1.54) is 0 Å². The molecule has 1 fully saturated rings. The minimum atomic E-state index is -1.08. The number of hydrogen-bond acceptors (Lipinski definition) is 6. The van der Waals surface area contributed by atoms with E-state index in [1.807, 2.05) is 45.0 Å². The van der Waals surface area contributed by atoms with Gasteiger partial charge < -0.3 is 15.0 Å². The fraction of sp³-hybridized carbons (Fsp3) is 0.409. The van der Waals surface area contributed by atoms with Gasteiger partial charge in [0.15, 0.2) is 5.82 Å². The van der Waals surface area contributed by atoms with Gasteiger partial charge in [0, 0.05) is 34.6 Å². The molecule has 1 saturated heterocycles. The van der Waals surface area contributed by atoms with Gasteiger partial charge in [-0.2, -0.15) is 10.4 Å². The molecule has 8 nitrogen and oxygen atoms in total. The fourth-order valence-electron chi connectivity index (χ4n) is 3.09. The van der Waals surface area contributed by atoms with Crippen LogP contribution in [0.4, 0.5) is 11.5 Å². The second-order valence-corrected chi connectivity index (χ2v) is 10.5. The Morgan fingerprint density at radius 1 is 1.29 bits per heavy atom. The molecule has 0 radical (unpaired) electrons. The van der Waals surface area contributed by atoms with E-state index in [4.69, 9.17) is 10.00 Å². The molecule has 9 heteroatoms. The van der Waals surface area contributed by atoms with Crippen molar-refractivity contribution in [2.24, 2.45) is 5.92 Å². The number of pyridine rings is 1. The average Bonchev–Trinajstić information content (AvgIpc) is 3.39. The first-order chi connectivity index (χ1) is 14.8. The molecule has 0 bridgehead atoms. The van der Waals surface area contributed by atoms with E-state index >= 15 is 0 Å². The molecule has 1 aliphatic heterocycles. The smallest absolute Gasteiger partial charge is 0.261 e. The van der Waals surface area contributed by atoms with Gasteiger partial charge >= 0.3 is 0 Å². The highest BCUT2D eigenvalue weighted by Crippen LogP contribution is 2.24. The van der Waals surface area contributed by atoms with E-state index in [1.54, 1.807) is 12.3 Å². The Hall–Kier alpha value is -2.96. The lowest BCUT2D eigenvalue weighted by molar-refractivity contribution is 0.186. The maximum atomic E-state index is 12.3. The first kappa shape index (κ1) is 22.7. The highest BCUT2D eigenvalue weighted by molar-refractivity contribution is 7.86. The number of anilines is 2. The molecule has 0 saturated carbocycles. The van der Waals surface area contributed by atoms with Crippen molar-refractivity contribution in [2.45, 2.75) is 43.3 Å². The highest BCUT2D eigenvalue weighted by atomic mass is 32.2. The number of ether oxygens (including phenoxy) is 1. The second kappa shape index (κ2) is 9.90. The third-order valence-corrected chi connectivity index (χ3v) is 6.59. The predicted octanol–water partition coefficient (Wildman–Crippen LogP) is 3.84. The summed E-state index contributed by atoms with van der Waals surface area (Å²) in [6.45, 7) is 7.48. The molecule has 31 heavy (non-hydrogen) atoms. The van der Waals surface area contributed by atoms with Crippen molar-refractivity contribution in [3.05, 3.63) is 46.9 Å².